The van der Waals surface area contributed by atoms with Crippen molar-refractivity contribution in [2.75, 3.05) is 13.1 Å². The van der Waals surface area contributed by atoms with E-state index in [1.807, 2.05) is 43.0 Å². The summed E-state index contributed by atoms with van der Waals surface area (Å²) in [6, 6.07) is 12.2. The molecule has 0 bridgehead atoms. The van der Waals surface area contributed by atoms with Crippen LogP contribution in [0.1, 0.15) is 48.2 Å². The quantitative estimate of drug-likeness (QED) is 0.639. The number of hydrogen-bond donors (Lipinski definition) is 1. The van der Waals surface area contributed by atoms with Gasteiger partial charge >= 0.3 is 0 Å². The molecule has 3 aliphatic rings. The number of carbonyl (C=O) groups is 2. The minimum Gasteiger partial charge on any atom is -0.344 e. The largest absolute Gasteiger partial charge is 0.344 e. The summed E-state index contributed by atoms with van der Waals surface area (Å²) >= 11 is 1.20. The molecule has 35 heavy (non-hydrogen) atoms. The fourth-order valence-corrected chi connectivity index (χ4v) is 5.50. The number of benzene rings is 1. The number of rotatable bonds is 5. The van der Waals surface area contributed by atoms with E-state index in [0.717, 1.165) is 55.8 Å². The Balaban J connectivity index is 1.36. The maximum absolute atomic E-state index is 12.9. The standard InChI is InChI=1S/C26H28N6O2S/c1-17-13-20(18(2)31(17)16-19-9-5-3-6-10-19)14-21-24(27)32-26(28-25(21)34)35-22(29-32)15-23(33)30-11-7-4-8-12-30/h3,5-6,9-10,13-14,27H,4,7-8,11-12,15-16H2,1-2H3/b21-14-,27-24?. The molecule has 3 aliphatic heterocycles. The Labute approximate surface area is 208 Å². The van der Waals surface area contributed by atoms with Gasteiger partial charge in [-0.1, -0.05) is 30.3 Å². The van der Waals surface area contributed by atoms with Crippen LogP contribution in [0.4, 0.5) is 0 Å². The molecule has 0 radical (unpaired) electrons. The lowest BCUT2D eigenvalue weighted by Crippen LogP contribution is -2.36. The number of aromatic nitrogens is 1. The van der Waals surface area contributed by atoms with Crippen molar-refractivity contribution in [2.45, 2.75) is 46.1 Å². The first-order valence-electron chi connectivity index (χ1n) is 11.9. The predicted molar refractivity (Wildman–Crippen MR) is 140 cm³/mol. The number of carbonyl (C=O) groups excluding carboxylic acids is 2. The summed E-state index contributed by atoms with van der Waals surface area (Å²) in [4.78, 5) is 31.6. The Morgan fingerprint density at radius 2 is 1.89 bits per heavy atom. The van der Waals surface area contributed by atoms with Crippen molar-refractivity contribution in [3.8, 4) is 0 Å². The van der Waals surface area contributed by atoms with Crippen LogP contribution in [0.25, 0.3) is 6.08 Å². The molecule has 1 aromatic carbocycles. The Kier molecular flexibility index (Phi) is 6.42. The van der Waals surface area contributed by atoms with E-state index in [1.165, 1.54) is 22.3 Å². The average molecular weight is 489 g/mol. The van der Waals surface area contributed by atoms with Gasteiger partial charge in [-0.15, -0.1) is 0 Å². The predicted octanol–water partition coefficient (Wildman–Crippen LogP) is 4.18. The Morgan fingerprint density at radius 3 is 2.63 bits per heavy atom. The van der Waals surface area contributed by atoms with Crippen molar-refractivity contribution >= 4 is 45.7 Å². The lowest BCUT2D eigenvalue weighted by atomic mass is 10.1. The molecule has 0 aliphatic carbocycles. The lowest BCUT2D eigenvalue weighted by Gasteiger charge is -2.26. The molecule has 8 nitrogen and oxygen atoms in total. The van der Waals surface area contributed by atoms with E-state index in [0.29, 0.717) is 10.2 Å². The van der Waals surface area contributed by atoms with Gasteiger partial charge in [0.05, 0.1) is 12.0 Å². The zero-order chi connectivity index (χ0) is 24.5. The number of nitrogens with zero attached hydrogens (tertiary/aromatic N) is 5. The van der Waals surface area contributed by atoms with Gasteiger partial charge in [-0.3, -0.25) is 15.0 Å². The number of nitrogens with one attached hydrogen (secondary N) is 1. The number of aliphatic imine (C=N–C) groups is 1. The van der Waals surface area contributed by atoms with E-state index in [2.05, 4.69) is 26.8 Å². The maximum atomic E-state index is 12.9. The molecule has 0 atom stereocenters. The molecule has 2 amide bonds. The second-order valence-corrected chi connectivity index (χ2v) is 10.1. The van der Waals surface area contributed by atoms with E-state index in [4.69, 9.17) is 5.41 Å². The van der Waals surface area contributed by atoms with Crippen LogP contribution in [0.5, 0.6) is 0 Å². The second kappa shape index (κ2) is 9.65. The summed E-state index contributed by atoms with van der Waals surface area (Å²) in [5.74, 6) is -0.433. The zero-order valence-electron chi connectivity index (χ0n) is 20.0. The van der Waals surface area contributed by atoms with Crippen LogP contribution in [0.15, 0.2) is 52.1 Å². The summed E-state index contributed by atoms with van der Waals surface area (Å²) in [5.41, 5.74) is 4.36. The molecule has 9 heteroatoms. The Hall–Kier alpha value is -3.46. The summed E-state index contributed by atoms with van der Waals surface area (Å²) in [6.07, 6.45) is 5.12. The number of hydrogen-bond acceptors (Lipinski definition) is 5. The first-order chi connectivity index (χ1) is 16.9. The minimum absolute atomic E-state index is 0.0132. The Bertz CT molecular complexity index is 1280. The molecular weight excluding hydrogens is 460 g/mol. The van der Waals surface area contributed by atoms with Gasteiger partial charge in [-0.25, -0.2) is 0 Å². The average Bonchev–Trinajstić information content (AvgIpc) is 3.38. The summed E-state index contributed by atoms with van der Waals surface area (Å²) in [7, 11) is 0. The third-order valence-electron chi connectivity index (χ3n) is 6.60. The number of amidine groups is 2. The fraction of sp³-hybridized carbons (Fsp3) is 0.346. The van der Waals surface area contributed by atoms with Crippen molar-refractivity contribution < 1.29 is 9.59 Å². The molecule has 1 aromatic heterocycles. The highest BCUT2D eigenvalue weighted by molar-refractivity contribution is 8.27. The van der Waals surface area contributed by atoms with Crippen molar-refractivity contribution in [1.82, 2.24) is 14.5 Å². The zero-order valence-corrected chi connectivity index (χ0v) is 20.8. The van der Waals surface area contributed by atoms with Gasteiger partial charge in [0.15, 0.2) is 5.84 Å². The Morgan fingerprint density at radius 1 is 1.14 bits per heavy atom. The van der Waals surface area contributed by atoms with E-state index in [9.17, 15) is 9.59 Å². The highest BCUT2D eigenvalue weighted by atomic mass is 32.2. The molecule has 4 heterocycles. The second-order valence-electron chi connectivity index (χ2n) is 9.03. The summed E-state index contributed by atoms with van der Waals surface area (Å²) in [6.45, 7) is 6.35. The maximum Gasteiger partial charge on any atom is 0.283 e. The van der Waals surface area contributed by atoms with E-state index < -0.39 is 5.91 Å². The van der Waals surface area contributed by atoms with Gasteiger partial charge in [0, 0.05) is 31.0 Å². The molecule has 2 aromatic rings. The fourth-order valence-electron chi connectivity index (χ4n) is 4.63. The number of hydrazone groups is 1. The van der Waals surface area contributed by atoms with Crippen LogP contribution in [0.3, 0.4) is 0 Å². The van der Waals surface area contributed by atoms with Gasteiger partial charge < -0.3 is 9.47 Å². The number of amides is 2. The highest BCUT2D eigenvalue weighted by Gasteiger charge is 2.36. The molecule has 1 N–H and O–H groups in total. The van der Waals surface area contributed by atoms with Crippen molar-refractivity contribution in [3.63, 3.8) is 0 Å². The number of piperidine rings is 1. The van der Waals surface area contributed by atoms with Gasteiger partial charge in [0.1, 0.15) is 5.04 Å². The first kappa shape index (κ1) is 23.3. The first-order valence-corrected chi connectivity index (χ1v) is 12.7. The topological polar surface area (TPSA) is 94.1 Å². The third kappa shape index (κ3) is 4.73. The number of thioether (sulfide) groups is 1. The molecule has 0 unspecified atom stereocenters. The lowest BCUT2D eigenvalue weighted by molar-refractivity contribution is -0.130. The molecular formula is C26H28N6O2S. The van der Waals surface area contributed by atoms with Crippen LogP contribution in [0, 0.1) is 19.3 Å². The van der Waals surface area contributed by atoms with Crippen LogP contribution < -0.4 is 0 Å². The number of aryl methyl sites for hydroxylation is 1. The SMILES string of the molecule is Cc1cc(/C=C2/C(=N)N3N=C(CC(=O)N4CCCCC4)SC3=NC2=O)c(C)n1Cc1ccccc1. The van der Waals surface area contributed by atoms with Crippen LogP contribution >= 0.6 is 11.8 Å². The molecule has 1 saturated heterocycles. The molecule has 1 fully saturated rings. The van der Waals surface area contributed by atoms with Gasteiger partial charge in [0.25, 0.3) is 5.91 Å². The molecule has 5 rings (SSSR count). The summed E-state index contributed by atoms with van der Waals surface area (Å²) < 4.78 is 2.20. The third-order valence-corrected chi connectivity index (χ3v) is 7.51. The van der Waals surface area contributed by atoms with Crippen LogP contribution in [0.2, 0.25) is 0 Å². The van der Waals surface area contributed by atoms with Crippen LogP contribution in [-0.4, -0.2) is 55.4 Å². The van der Waals surface area contributed by atoms with Gasteiger partial charge in [-0.2, -0.15) is 15.1 Å². The van der Waals surface area contributed by atoms with Gasteiger partial charge in [0.2, 0.25) is 11.1 Å². The van der Waals surface area contributed by atoms with Crippen LogP contribution in [-0.2, 0) is 16.1 Å². The van der Waals surface area contributed by atoms with E-state index in [-0.39, 0.29) is 23.7 Å². The van der Waals surface area contributed by atoms with E-state index in [1.54, 1.807) is 6.08 Å². The van der Waals surface area contributed by atoms with Crippen molar-refractivity contribution in [3.05, 3.63) is 64.5 Å². The molecule has 0 spiro atoms. The minimum atomic E-state index is -0.458. The monoisotopic (exact) mass is 488 g/mol. The molecule has 180 valence electrons. The smallest absolute Gasteiger partial charge is 0.283 e. The number of fused-ring (bicyclic) bond motifs is 1. The van der Waals surface area contributed by atoms with E-state index >= 15 is 0 Å². The van der Waals surface area contributed by atoms with Crippen molar-refractivity contribution in [1.29, 1.82) is 5.41 Å². The highest BCUT2D eigenvalue weighted by Crippen LogP contribution is 2.30. The molecule has 0 saturated carbocycles. The summed E-state index contributed by atoms with van der Waals surface area (Å²) in [5, 5.41) is 15.4. The number of likely N-dealkylation sites (tertiary alicyclic amines) is 1. The van der Waals surface area contributed by atoms with Crippen molar-refractivity contribution in [2.24, 2.45) is 10.1 Å². The normalized spacial score (nSPS) is 19.2. The van der Waals surface area contributed by atoms with Gasteiger partial charge in [-0.05, 0) is 68.1 Å².